The highest BCUT2D eigenvalue weighted by Crippen LogP contribution is 2.15. The Morgan fingerprint density at radius 2 is 2.14 bits per heavy atom. The van der Waals surface area contributed by atoms with E-state index in [-0.39, 0.29) is 12.4 Å². The van der Waals surface area contributed by atoms with E-state index in [9.17, 15) is 8.42 Å². The van der Waals surface area contributed by atoms with E-state index in [4.69, 9.17) is 5.11 Å². The van der Waals surface area contributed by atoms with E-state index in [1.807, 2.05) is 0 Å². The molecule has 1 aromatic rings. The van der Waals surface area contributed by atoms with Crippen LogP contribution in [0.5, 0.6) is 5.75 Å². The fraction of sp³-hybridized carbons (Fsp3) is 0.333. The average Bonchev–Trinajstić information content (AvgIpc) is 2.02. The maximum absolute atomic E-state index is 10.8. The third-order valence-electron chi connectivity index (χ3n) is 1.55. The predicted molar refractivity (Wildman–Crippen MR) is 52.7 cm³/mol. The van der Waals surface area contributed by atoms with Gasteiger partial charge in [-0.05, 0) is 24.1 Å². The zero-order chi connectivity index (χ0) is 10.6. The number of hydrogen-bond acceptors (Lipinski definition) is 4. The summed E-state index contributed by atoms with van der Waals surface area (Å²) < 4.78 is 26.3. The predicted octanol–water partition coefficient (Wildman–Crippen LogP) is 0.560. The highest BCUT2D eigenvalue weighted by atomic mass is 32.2. The Labute approximate surface area is 83.3 Å². The van der Waals surface area contributed by atoms with Gasteiger partial charge >= 0.3 is 10.1 Å². The third-order valence-corrected chi connectivity index (χ3v) is 2.04. The van der Waals surface area contributed by atoms with Crippen LogP contribution in [0.25, 0.3) is 0 Å². The molecule has 0 aliphatic heterocycles. The van der Waals surface area contributed by atoms with Gasteiger partial charge in [0.1, 0.15) is 5.75 Å². The first-order valence-corrected chi connectivity index (χ1v) is 5.92. The van der Waals surface area contributed by atoms with Crippen molar-refractivity contribution in [1.29, 1.82) is 0 Å². The van der Waals surface area contributed by atoms with Gasteiger partial charge in [0, 0.05) is 6.61 Å². The summed E-state index contributed by atoms with van der Waals surface area (Å²) in [6.45, 7) is 0.0301. The SMILES string of the molecule is CS(=O)(=O)Oc1cccc(CCO)c1. The normalized spacial score (nSPS) is 11.3. The molecule has 4 nitrogen and oxygen atoms in total. The first-order chi connectivity index (χ1) is 6.51. The average molecular weight is 216 g/mol. The van der Waals surface area contributed by atoms with Crippen molar-refractivity contribution < 1.29 is 17.7 Å². The van der Waals surface area contributed by atoms with Gasteiger partial charge in [-0.25, -0.2) is 0 Å². The molecular weight excluding hydrogens is 204 g/mol. The molecule has 1 aromatic carbocycles. The van der Waals surface area contributed by atoms with E-state index in [1.165, 1.54) is 0 Å². The Kier molecular flexibility index (Phi) is 3.49. The lowest BCUT2D eigenvalue weighted by Crippen LogP contribution is -2.06. The molecule has 0 fully saturated rings. The summed E-state index contributed by atoms with van der Waals surface area (Å²) in [5, 5.41) is 8.68. The number of rotatable bonds is 4. The molecule has 0 aromatic heterocycles. The summed E-state index contributed by atoms with van der Waals surface area (Å²) in [5.41, 5.74) is 0.841. The van der Waals surface area contributed by atoms with Crippen molar-refractivity contribution in [2.75, 3.05) is 12.9 Å². The van der Waals surface area contributed by atoms with Gasteiger partial charge in [0.2, 0.25) is 0 Å². The second kappa shape index (κ2) is 4.43. The summed E-state index contributed by atoms with van der Waals surface area (Å²) in [7, 11) is -3.47. The summed E-state index contributed by atoms with van der Waals surface area (Å²) in [5.74, 6) is 0.276. The Morgan fingerprint density at radius 1 is 1.43 bits per heavy atom. The van der Waals surface area contributed by atoms with Gasteiger partial charge in [-0.2, -0.15) is 8.42 Å². The monoisotopic (exact) mass is 216 g/mol. The minimum absolute atomic E-state index is 0.0301. The molecule has 0 heterocycles. The van der Waals surface area contributed by atoms with Crippen LogP contribution >= 0.6 is 0 Å². The molecule has 0 aliphatic carbocycles. The molecule has 0 saturated carbocycles. The third kappa shape index (κ3) is 3.76. The van der Waals surface area contributed by atoms with Gasteiger partial charge in [-0.3, -0.25) is 0 Å². The van der Waals surface area contributed by atoms with Crippen molar-refractivity contribution in [2.45, 2.75) is 6.42 Å². The van der Waals surface area contributed by atoms with Crippen molar-refractivity contribution in [3.63, 3.8) is 0 Å². The zero-order valence-corrected chi connectivity index (χ0v) is 8.62. The van der Waals surface area contributed by atoms with Crippen LogP contribution in [0, 0.1) is 0 Å². The highest BCUT2D eigenvalue weighted by Gasteiger charge is 2.04. The number of aliphatic hydroxyl groups excluding tert-OH is 1. The largest absolute Gasteiger partial charge is 0.396 e. The molecular formula is C9H12O4S. The topological polar surface area (TPSA) is 63.6 Å². The Balaban J connectivity index is 2.83. The van der Waals surface area contributed by atoms with Crippen molar-refractivity contribution in [3.8, 4) is 5.75 Å². The second-order valence-corrected chi connectivity index (χ2v) is 4.48. The summed E-state index contributed by atoms with van der Waals surface area (Å²) in [6, 6.07) is 6.63. The van der Waals surface area contributed by atoms with Gasteiger partial charge in [0.05, 0.1) is 6.26 Å². The maximum Gasteiger partial charge on any atom is 0.306 e. The van der Waals surface area contributed by atoms with Crippen LogP contribution in [0.3, 0.4) is 0 Å². The lowest BCUT2D eigenvalue weighted by Gasteiger charge is -2.04. The van der Waals surface area contributed by atoms with Crippen LogP contribution in [-0.4, -0.2) is 26.4 Å². The molecule has 5 heteroatoms. The van der Waals surface area contributed by atoms with Crippen LogP contribution in [0.15, 0.2) is 24.3 Å². The molecule has 1 rings (SSSR count). The Bertz CT molecular complexity index is 397. The molecule has 0 aliphatic rings. The Hall–Kier alpha value is -1.07. The molecule has 0 unspecified atom stereocenters. The van der Waals surface area contributed by atoms with Gasteiger partial charge < -0.3 is 9.29 Å². The van der Waals surface area contributed by atoms with E-state index < -0.39 is 10.1 Å². The molecule has 0 amide bonds. The van der Waals surface area contributed by atoms with E-state index in [0.29, 0.717) is 6.42 Å². The van der Waals surface area contributed by atoms with Crippen LogP contribution in [0.4, 0.5) is 0 Å². The van der Waals surface area contributed by atoms with E-state index in [1.54, 1.807) is 24.3 Å². The molecule has 78 valence electrons. The van der Waals surface area contributed by atoms with Crippen molar-refractivity contribution in [2.24, 2.45) is 0 Å². The standard InChI is InChI=1S/C9H12O4S/c1-14(11,12)13-9-4-2-3-8(7-9)5-6-10/h2-4,7,10H,5-6H2,1H3. The molecule has 0 bridgehead atoms. The minimum Gasteiger partial charge on any atom is -0.396 e. The van der Waals surface area contributed by atoms with E-state index in [0.717, 1.165) is 11.8 Å². The van der Waals surface area contributed by atoms with Gasteiger partial charge in [-0.1, -0.05) is 12.1 Å². The van der Waals surface area contributed by atoms with Crippen LogP contribution < -0.4 is 4.18 Å². The number of benzene rings is 1. The lowest BCUT2D eigenvalue weighted by atomic mass is 10.1. The smallest absolute Gasteiger partial charge is 0.306 e. The second-order valence-electron chi connectivity index (χ2n) is 2.91. The quantitative estimate of drug-likeness (QED) is 0.747. The van der Waals surface area contributed by atoms with Crippen molar-refractivity contribution in [1.82, 2.24) is 0 Å². The summed E-state index contributed by atoms with van der Waals surface area (Å²) >= 11 is 0. The van der Waals surface area contributed by atoms with E-state index in [2.05, 4.69) is 4.18 Å². The van der Waals surface area contributed by atoms with Crippen LogP contribution in [-0.2, 0) is 16.5 Å². The van der Waals surface area contributed by atoms with Crippen LogP contribution in [0.2, 0.25) is 0 Å². The van der Waals surface area contributed by atoms with E-state index >= 15 is 0 Å². The van der Waals surface area contributed by atoms with Crippen LogP contribution in [0.1, 0.15) is 5.56 Å². The molecule has 14 heavy (non-hydrogen) atoms. The fourth-order valence-electron chi connectivity index (χ4n) is 1.06. The highest BCUT2D eigenvalue weighted by molar-refractivity contribution is 7.86. The first-order valence-electron chi connectivity index (χ1n) is 4.10. The zero-order valence-electron chi connectivity index (χ0n) is 7.80. The van der Waals surface area contributed by atoms with Crippen molar-refractivity contribution in [3.05, 3.63) is 29.8 Å². The van der Waals surface area contributed by atoms with Gasteiger partial charge in [0.25, 0.3) is 0 Å². The minimum atomic E-state index is -3.47. The van der Waals surface area contributed by atoms with Gasteiger partial charge in [-0.15, -0.1) is 0 Å². The number of hydrogen-bond donors (Lipinski definition) is 1. The molecule has 1 N–H and O–H groups in total. The molecule has 0 atom stereocenters. The maximum atomic E-state index is 10.8. The first kappa shape index (κ1) is 11.0. The fourth-order valence-corrected chi connectivity index (χ4v) is 1.51. The Morgan fingerprint density at radius 3 is 2.71 bits per heavy atom. The molecule has 0 radical (unpaired) electrons. The lowest BCUT2D eigenvalue weighted by molar-refractivity contribution is 0.299. The molecule has 0 saturated heterocycles. The van der Waals surface area contributed by atoms with Gasteiger partial charge in [0.15, 0.2) is 0 Å². The summed E-state index contributed by atoms with van der Waals surface area (Å²) in [6.07, 6.45) is 1.48. The van der Waals surface area contributed by atoms with Crippen molar-refractivity contribution >= 4 is 10.1 Å². The summed E-state index contributed by atoms with van der Waals surface area (Å²) in [4.78, 5) is 0. The number of aliphatic hydroxyl groups is 1. The molecule has 0 spiro atoms.